The van der Waals surface area contributed by atoms with E-state index in [0.717, 1.165) is 82.2 Å². The number of nitriles is 1. The normalized spacial score (nSPS) is 19.3. The Morgan fingerprint density at radius 1 is 1.22 bits per heavy atom. The Morgan fingerprint density at radius 2 is 2.06 bits per heavy atom. The largest absolute Gasteiger partial charge is 0.379 e. The Labute approximate surface area is 188 Å². The van der Waals surface area contributed by atoms with Crippen LogP contribution < -0.4 is 15.4 Å². The molecule has 0 spiro atoms. The second kappa shape index (κ2) is 10.6. The Bertz CT molecular complexity index is 977. The van der Waals surface area contributed by atoms with Crippen LogP contribution in [0, 0.1) is 18.3 Å². The van der Waals surface area contributed by atoms with Crippen molar-refractivity contribution in [3.8, 4) is 6.07 Å². The Hall–Kier alpha value is -2.96. The van der Waals surface area contributed by atoms with Crippen LogP contribution in [-0.2, 0) is 4.74 Å². The molecule has 2 aromatic rings. The molecule has 0 aromatic carbocycles. The first-order valence-electron chi connectivity index (χ1n) is 11.4. The van der Waals surface area contributed by atoms with Crippen molar-refractivity contribution in [3.05, 3.63) is 46.0 Å². The molecule has 32 heavy (non-hydrogen) atoms. The molecule has 2 aliphatic heterocycles. The highest BCUT2D eigenvalue weighted by Gasteiger charge is 2.27. The molecule has 9 heteroatoms. The predicted octanol–water partition coefficient (Wildman–Crippen LogP) is 1.54. The molecule has 1 atom stereocenters. The molecule has 2 aromatic heterocycles. The number of hydrogen-bond donors (Lipinski definition) is 1. The summed E-state index contributed by atoms with van der Waals surface area (Å²) in [5.74, 6) is 0.943. The molecule has 2 fully saturated rings. The molecule has 4 rings (SSSR count). The summed E-state index contributed by atoms with van der Waals surface area (Å²) in [6, 6.07) is 6.17. The van der Waals surface area contributed by atoms with Gasteiger partial charge in [0.15, 0.2) is 0 Å². The summed E-state index contributed by atoms with van der Waals surface area (Å²) in [6.07, 6.45) is 6.59. The maximum Gasteiger partial charge on any atom is 0.269 e. The lowest BCUT2D eigenvalue weighted by Gasteiger charge is -2.35. The first-order chi connectivity index (χ1) is 15.7. The van der Waals surface area contributed by atoms with Gasteiger partial charge >= 0.3 is 0 Å². The van der Waals surface area contributed by atoms with Gasteiger partial charge in [-0.25, -0.2) is 10.1 Å². The molecule has 0 aliphatic carbocycles. The summed E-state index contributed by atoms with van der Waals surface area (Å²) in [7, 11) is 0. The Morgan fingerprint density at radius 3 is 2.81 bits per heavy atom. The molecule has 170 valence electrons. The Balaban J connectivity index is 1.15. The van der Waals surface area contributed by atoms with Gasteiger partial charge in [0.05, 0.1) is 30.1 Å². The number of rotatable bonds is 8. The van der Waals surface area contributed by atoms with Gasteiger partial charge in [-0.15, -0.1) is 0 Å². The smallest absolute Gasteiger partial charge is 0.269 e. The predicted molar refractivity (Wildman–Crippen MR) is 123 cm³/mol. The van der Waals surface area contributed by atoms with Gasteiger partial charge in [-0.3, -0.25) is 9.69 Å². The quantitative estimate of drug-likeness (QED) is 0.621. The van der Waals surface area contributed by atoms with Gasteiger partial charge in [0.2, 0.25) is 0 Å². The van der Waals surface area contributed by atoms with E-state index in [9.17, 15) is 4.79 Å². The molecule has 0 bridgehead atoms. The lowest BCUT2D eigenvalue weighted by Crippen LogP contribution is -2.47. The average Bonchev–Trinajstić information content (AvgIpc) is 3.29. The maximum atomic E-state index is 11.9. The third-order valence-corrected chi connectivity index (χ3v) is 6.41. The van der Waals surface area contributed by atoms with E-state index < -0.39 is 0 Å². The number of ether oxygens (including phenoxy) is 1. The molecule has 0 radical (unpaired) electrons. The molecule has 9 nitrogen and oxygen atoms in total. The van der Waals surface area contributed by atoms with Crippen molar-refractivity contribution < 1.29 is 4.74 Å². The highest BCUT2D eigenvalue weighted by atomic mass is 16.5. The molecule has 4 heterocycles. The summed E-state index contributed by atoms with van der Waals surface area (Å²) >= 11 is 0. The summed E-state index contributed by atoms with van der Waals surface area (Å²) in [5.41, 5.74) is 2.12. The zero-order valence-corrected chi connectivity index (χ0v) is 18.7. The van der Waals surface area contributed by atoms with E-state index in [2.05, 4.69) is 36.0 Å². The van der Waals surface area contributed by atoms with Gasteiger partial charge in [-0.05, 0) is 38.3 Å². The Kier molecular flexibility index (Phi) is 7.35. The van der Waals surface area contributed by atoms with E-state index >= 15 is 0 Å². The molecular formula is C23H31N7O2. The van der Waals surface area contributed by atoms with Crippen molar-refractivity contribution >= 4 is 11.5 Å². The van der Waals surface area contributed by atoms with E-state index in [0.29, 0.717) is 18.2 Å². The molecular weight excluding hydrogens is 406 g/mol. The van der Waals surface area contributed by atoms with Crippen LogP contribution in [0.4, 0.5) is 11.5 Å². The van der Waals surface area contributed by atoms with Gasteiger partial charge in [0.25, 0.3) is 5.56 Å². The van der Waals surface area contributed by atoms with Gasteiger partial charge in [0.1, 0.15) is 11.9 Å². The highest BCUT2D eigenvalue weighted by Crippen LogP contribution is 2.26. The number of aromatic amines is 1. The molecule has 2 saturated heterocycles. The van der Waals surface area contributed by atoms with Crippen LogP contribution >= 0.6 is 0 Å². The molecule has 0 saturated carbocycles. The summed E-state index contributed by atoms with van der Waals surface area (Å²) in [4.78, 5) is 23.3. The SMILES string of the molecule is Cc1c(N2CCC[C@H]2COCCCN2CCN(c3ccc(C#N)cn3)CC2)cn[nH]c1=O. The number of hydrogen-bond acceptors (Lipinski definition) is 8. The van der Waals surface area contributed by atoms with E-state index in [1.165, 1.54) is 0 Å². The number of aromatic nitrogens is 3. The lowest BCUT2D eigenvalue weighted by atomic mass is 10.2. The number of pyridine rings is 1. The highest BCUT2D eigenvalue weighted by molar-refractivity contribution is 5.51. The van der Waals surface area contributed by atoms with Gasteiger partial charge in [-0.1, -0.05) is 0 Å². The molecule has 0 unspecified atom stereocenters. The second-order valence-corrected chi connectivity index (χ2v) is 8.47. The fourth-order valence-electron chi connectivity index (χ4n) is 4.51. The maximum absolute atomic E-state index is 11.9. The van der Waals surface area contributed by atoms with Crippen LogP contribution in [0.25, 0.3) is 0 Å². The summed E-state index contributed by atoms with van der Waals surface area (Å²) in [5, 5.41) is 15.4. The fraction of sp³-hybridized carbons (Fsp3) is 0.565. The molecule has 1 N–H and O–H groups in total. The van der Waals surface area contributed by atoms with Gasteiger partial charge < -0.3 is 14.5 Å². The van der Waals surface area contributed by atoms with Crippen molar-refractivity contribution in [3.63, 3.8) is 0 Å². The number of nitrogens with one attached hydrogen (secondary N) is 1. The van der Waals surface area contributed by atoms with Gasteiger partial charge in [0, 0.05) is 57.6 Å². The minimum Gasteiger partial charge on any atom is -0.379 e. The van der Waals surface area contributed by atoms with E-state index in [1.807, 2.05) is 19.1 Å². The average molecular weight is 438 g/mol. The third-order valence-electron chi connectivity index (χ3n) is 6.41. The van der Waals surface area contributed by atoms with E-state index in [-0.39, 0.29) is 5.56 Å². The molecule has 0 amide bonds. The first kappa shape index (κ1) is 22.2. The van der Waals surface area contributed by atoms with Crippen LogP contribution in [0.15, 0.2) is 29.3 Å². The molecule has 2 aliphatic rings. The minimum absolute atomic E-state index is 0.121. The zero-order chi connectivity index (χ0) is 22.3. The first-order valence-corrected chi connectivity index (χ1v) is 11.4. The topological polar surface area (TPSA) is 101 Å². The van der Waals surface area contributed by atoms with Crippen molar-refractivity contribution in [2.24, 2.45) is 0 Å². The monoisotopic (exact) mass is 437 g/mol. The number of piperazine rings is 1. The van der Waals surface area contributed by atoms with Crippen LogP contribution in [0.3, 0.4) is 0 Å². The summed E-state index contributed by atoms with van der Waals surface area (Å²) in [6.45, 7) is 9.15. The van der Waals surface area contributed by atoms with Crippen LogP contribution in [0.1, 0.15) is 30.4 Å². The lowest BCUT2D eigenvalue weighted by molar-refractivity contribution is 0.108. The number of nitrogens with zero attached hydrogens (tertiary/aromatic N) is 6. The van der Waals surface area contributed by atoms with Gasteiger partial charge in [-0.2, -0.15) is 10.4 Å². The number of anilines is 2. The van der Waals surface area contributed by atoms with Crippen LogP contribution in [0.5, 0.6) is 0 Å². The third kappa shape index (κ3) is 5.26. The summed E-state index contributed by atoms with van der Waals surface area (Å²) < 4.78 is 6.02. The number of H-pyrrole nitrogens is 1. The standard InChI is InChI=1S/C23H31N7O2/c1-18-21(16-26-27-23(18)31)30-8-2-4-20(30)17-32-13-3-7-28-9-11-29(12-10-28)22-6-5-19(14-24)15-25-22/h5-6,15-16,20H,2-4,7-13,17H2,1H3,(H,27,31)/t20-/m0/s1. The van der Waals surface area contributed by atoms with E-state index in [1.54, 1.807) is 12.4 Å². The fourth-order valence-corrected chi connectivity index (χ4v) is 4.51. The minimum atomic E-state index is -0.121. The van der Waals surface area contributed by atoms with Crippen LogP contribution in [-0.4, -0.2) is 78.6 Å². The second-order valence-electron chi connectivity index (χ2n) is 8.47. The van der Waals surface area contributed by atoms with Crippen molar-refractivity contribution in [1.29, 1.82) is 5.26 Å². The van der Waals surface area contributed by atoms with Crippen molar-refractivity contribution in [1.82, 2.24) is 20.1 Å². The van der Waals surface area contributed by atoms with Crippen LogP contribution in [0.2, 0.25) is 0 Å². The van der Waals surface area contributed by atoms with E-state index in [4.69, 9.17) is 10.00 Å². The zero-order valence-electron chi connectivity index (χ0n) is 18.7. The van der Waals surface area contributed by atoms with Crippen molar-refractivity contribution in [2.75, 3.05) is 62.3 Å². The van der Waals surface area contributed by atoms with Crippen molar-refractivity contribution in [2.45, 2.75) is 32.2 Å².